The van der Waals surface area contributed by atoms with E-state index in [0.717, 1.165) is 0 Å². The molecule has 0 aromatic carbocycles. The van der Waals surface area contributed by atoms with E-state index in [9.17, 15) is 4.79 Å². The molecule has 0 aliphatic rings. The smallest absolute Gasteiger partial charge is 0.354 e. The summed E-state index contributed by atoms with van der Waals surface area (Å²) in [6.07, 6.45) is 1.54. The Morgan fingerprint density at radius 1 is 1.91 bits per heavy atom. The van der Waals surface area contributed by atoms with Crippen LogP contribution in [0, 0.1) is 0 Å². The van der Waals surface area contributed by atoms with E-state index in [2.05, 4.69) is 21.0 Å². The van der Waals surface area contributed by atoms with Crippen LogP contribution in [0.4, 0.5) is 0 Å². The van der Waals surface area contributed by atoms with Gasteiger partial charge in [-0.05, 0) is 0 Å². The van der Waals surface area contributed by atoms with Gasteiger partial charge in [0.15, 0.2) is 0 Å². The average molecular weight is 219 g/mol. The zero-order valence-electron chi connectivity index (χ0n) is 5.91. The predicted octanol–water partition coefficient (Wildman–Crippen LogP) is 1.01. The number of carboxylic acid groups (broad SMARTS) is 1. The van der Waals surface area contributed by atoms with Gasteiger partial charge in [0.25, 0.3) is 0 Å². The molecule has 0 atom stereocenters. The van der Waals surface area contributed by atoms with Gasteiger partial charge in [-0.2, -0.15) is 5.10 Å². The molecule has 0 saturated heterocycles. The molecule has 1 heterocycles. The SMILES string of the molecule is Cn1ncc(CBr)c1C(=O)O. The summed E-state index contributed by atoms with van der Waals surface area (Å²) in [4.78, 5) is 10.6. The maximum absolute atomic E-state index is 10.6. The first-order valence-corrected chi connectivity index (χ1v) is 4.09. The van der Waals surface area contributed by atoms with Crippen molar-refractivity contribution in [1.29, 1.82) is 0 Å². The number of hydrogen-bond acceptors (Lipinski definition) is 2. The standard InChI is InChI=1S/C6H7BrN2O2/c1-9-5(6(10)11)4(2-7)3-8-9/h3H,2H2,1H3,(H,10,11). The van der Waals surface area contributed by atoms with Crippen molar-refractivity contribution in [3.8, 4) is 0 Å². The van der Waals surface area contributed by atoms with Gasteiger partial charge in [0, 0.05) is 17.9 Å². The quantitative estimate of drug-likeness (QED) is 0.755. The Bertz CT molecular complexity index is 282. The molecule has 4 nitrogen and oxygen atoms in total. The van der Waals surface area contributed by atoms with Crippen molar-refractivity contribution in [3.05, 3.63) is 17.5 Å². The summed E-state index contributed by atoms with van der Waals surface area (Å²) < 4.78 is 1.35. The summed E-state index contributed by atoms with van der Waals surface area (Å²) in [6, 6.07) is 0. The molecule has 0 fully saturated rings. The lowest BCUT2D eigenvalue weighted by Crippen LogP contribution is -2.07. The van der Waals surface area contributed by atoms with Gasteiger partial charge in [0.1, 0.15) is 5.69 Å². The van der Waals surface area contributed by atoms with Crippen LogP contribution in [-0.2, 0) is 12.4 Å². The third-order valence-corrected chi connectivity index (χ3v) is 1.97. The Morgan fingerprint density at radius 3 is 2.91 bits per heavy atom. The molecule has 0 radical (unpaired) electrons. The third-order valence-electron chi connectivity index (χ3n) is 1.36. The first-order valence-electron chi connectivity index (χ1n) is 2.97. The van der Waals surface area contributed by atoms with Crippen LogP contribution in [0.3, 0.4) is 0 Å². The van der Waals surface area contributed by atoms with Crippen molar-refractivity contribution in [1.82, 2.24) is 9.78 Å². The number of alkyl halides is 1. The fraction of sp³-hybridized carbons (Fsp3) is 0.333. The zero-order valence-corrected chi connectivity index (χ0v) is 7.50. The number of carboxylic acids is 1. The van der Waals surface area contributed by atoms with Crippen molar-refractivity contribution in [3.63, 3.8) is 0 Å². The zero-order chi connectivity index (χ0) is 8.43. The number of aromatic carboxylic acids is 1. The van der Waals surface area contributed by atoms with E-state index in [0.29, 0.717) is 10.9 Å². The fourth-order valence-electron chi connectivity index (χ4n) is 0.857. The van der Waals surface area contributed by atoms with Gasteiger partial charge in [-0.25, -0.2) is 4.79 Å². The van der Waals surface area contributed by atoms with E-state index < -0.39 is 5.97 Å². The van der Waals surface area contributed by atoms with Crippen molar-refractivity contribution < 1.29 is 9.90 Å². The van der Waals surface area contributed by atoms with E-state index >= 15 is 0 Å². The largest absolute Gasteiger partial charge is 0.477 e. The minimum Gasteiger partial charge on any atom is -0.477 e. The number of aryl methyl sites for hydroxylation is 1. The molecule has 0 aliphatic heterocycles. The molecule has 1 aromatic rings. The fourth-order valence-corrected chi connectivity index (χ4v) is 1.27. The normalized spacial score (nSPS) is 10.0. The van der Waals surface area contributed by atoms with Gasteiger partial charge in [-0.3, -0.25) is 4.68 Å². The van der Waals surface area contributed by atoms with Crippen LogP contribution in [-0.4, -0.2) is 20.9 Å². The van der Waals surface area contributed by atoms with Gasteiger partial charge in [-0.15, -0.1) is 0 Å². The molecular formula is C6H7BrN2O2. The summed E-state index contributed by atoms with van der Waals surface area (Å²) in [6.45, 7) is 0. The molecule has 0 spiro atoms. The minimum absolute atomic E-state index is 0.238. The maximum atomic E-state index is 10.6. The number of rotatable bonds is 2. The van der Waals surface area contributed by atoms with E-state index in [4.69, 9.17) is 5.11 Å². The van der Waals surface area contributed by atoms with E-state index in [1.165, 1.54) is 10.9 Å². The highest BCUT2D eigenvalue weighted by molar-refractivity contribution is 9.08. The molecule has 0 amide bonds. The van der Waals surface area contributed by atoms with Gasteiger partial charge in [0.05, 0.1) is 6.20 Å². The Labute approximate surface area is 72.0 Å². The summed E-state index contributed by atoms with van der Waals surface area (Å²) in [5.41, 5.74) is 0.932. The van der Waals surface area contributed by atoms with Gasteiger partial charge in [-0.1, -0.05) is 15.9 Å². The molecule has 1 rings (SSSR count). The van der Waals surface area contributed by atoms with Crippen molar-refractivity contribution in [2.75, 3.05) is 0 Å². The second-order valence-corrected chi connectivity index (χ2v) is 2.64. The molecule has 5 heteroatoms. The second-order valence-electron chi connectivity index (χ2n) is 2.08. The summed E-state index contributed by atoms with van der Waals surface area (Å²) >= 11 is 3.17. The molecular weight excluding hydrogens is 212 g/mol. The highest BCUT2D eigenvalue weighted by Gasteiger charge is 2.13. The van der Waals surface area contributed by atoms with Gasteiger partial charge >= 0.3 is 5.97 Å². The lowest BCUT2D eigenvalue weighted by molar-refractivity contribution is 0.0684. The molecule has 0 bridgehead atoms. The first kappa shape index (κ1) is 8.26. The van der Waals surface area contributed by atoms with Gasteiger partial charge < -0.3 is 5.11 Å². The summed E-state index contributed by atoms with van der Waals surface area (Å²) in [7, 11) is 1.61. The van der Waals surface area contributed by atoms with Crippen LogP contribution in [0.5, 0.6) is 0 Å². The van der Waals surface area contributed by atoms with Crippen molar-refractivity contribution >= 4 is 21.9 Å². The lowest BCUT2D eigenvalue weighted by atomic mass is 10.3. The molecule has 0 aliphatic carbocycles. The Balaban J connectivity index is 3.17. The lowest BCUT2D eigenvalue weighted by Gasteiger charge is -1.95. The summed E-state index contributed by atoms with van der Waals surface area (Å²) in [5.74, 6) is -0.945. The van der Waals surface area contributed by atoms with Gasteiger partial charge in [0.2, 0.25) is 0 Å². The molecule has 60 valence electrons. The highest BCUT2D eigenvalue weighted by atomic mass is 79.9. The molecule has 1 N–H and O–H groups in total. The Hall–Kier alpha value is -0.840. The second kappa shape index (κ2) is 3.04. The van der Waals surface area contributed by atoms with Crippen LogP contribution in [0.1, 0.15) is 16.1 Å². The van der Waals surface area contributed by atoms with Crippen LogP contribution in [0.2, 0.25) is 0 Å². The molecule has 0 saturated carbocycles. The number of halogens is 1. The Kier molecular flexibility index (Phi) is 2.28. The monoisotopic (exact) mass is 218 g/mol. The topological polar surface area (TPSA) is 55.1 Å². The van der Waals surface area contributed by atoms with Crippen LogP contribution in [0.25, 0.3) is 0 Å². The third kappa shape index (κ3) is 1.42. The number of hydrogen-bond donors (Lipinski definition) is 1. The van der Waals surface area contributed by atoms with Crippen molar-refractivity contribution in [2.45, 2.75) is 5.33 Å². The van der Waals surface area contributed by atoms with E-state index in [1.54, 1.807) is 7.05 Å². The van der Waals surface area contributed by atoms with Crippen LogP contribution < -0.4 is 0 Å². The average Bonchev–Trinajstić information content (AvgIpc) is 2.30. The van der Waals surface area contributed by atoms with Crippen LogP contribution in [0.15, 0.2) is 6.20 Å². The minimum atomic E-state index is -0.945. The number of aromatic nitrogens is 2. The number of carbonyl (C=O) groups is 1. The maximum Gasteiger partial charge on any atom is 0.354 e. The molecule has 1 aromatic heterocycles. The van der Waals surface area contributed by atoms with E-state index in [1.807, 2.05) is 0 Å². The number of nitrogens with zero attached hydrogens (tertiary/aromatic N) is 2. The molecule has 0 unspecified atom stereocenters. The first-order chi connectivity index (χ1) is 5.16. The van der Waals surface area contributed by atoms with E-state index in [-0.39, 0.29) is 5.69 Å². The predicted molar refractivity (Wildman–Crippen MR) is 42.8 cm³/mol. The van der Waals surface area contributed by atoms with Crippen LogP contribution >= 0.6 is 15.9 Å². The summed E-state index contributed by atoms with van der Waals surface area (Å²) in [5, 5.41) is 13.0. The Morgan fingerprint density at radius 2 is 2.55 bits per heavy atom. The van der Waals surface area contributed by atoms with Crippen molar-refractivity contribution in [2.24, 2.45) is 7.05 Å². The highest BCUT2D eigenvalue weighted by Crippen LogP contribution is 2.10. The molecule has 11 heavy (non-hydrogen) atoms.